The number of anilines is 2. The summed E-state index contributed by atoms with van der Waals surface area (Å²) in [6.45, 7) is 1.73. The number of aryl methyl sites for hydroxylation is 1. The molecule has 8 nitrogen and oxygen atoms in total. The Bertz CT molecular complexity index is 1080. The third-order valence-electron chi connectivity index (χ3n) is 4.47. The van der Waals surface area contributed by atoms with Crippen LogP contribution in [0.4, 0.5) is 11.4 Å². The Kier molecular flexibility index (Phi) is 5.72. The van der Waals surface area contributed by atoms with E-state index in [9.17, 15) is 18.0 Å². The zero-order valence-corrected chi connectivity index (χ0v) is 17.6. The molecule has 2 amide bonds. The van der Waals surface area contributed by atoms with Gasteiger partial charge < -0.3 is 9.47 Å². The van der Waals surface area contributed by atoms with Crippen molar-refractivity contribution in [1.29, 1.82) is 0 Å². The number of nitrogens with one attached hydrogen (secondary N) is 1. The summed E-state index contributed by atoms with van der Waals surface area (Å²) in [5.41, 5.74) is 1.01. The van der Waals surface area contributed by atoms with Crippen molar-refractivity contribution in [1.82, 2.24) is 0 Å². The quantitative estimate of drug-likeness (QED) is 0.695. The molecule has 0 radical (unpaired) electrons. The van der Waals surface area contributed by atoms with E-state index in [0.717, 1.165) is 4.90 Å². The van der Waals surface area contributed by atoms with Crippen molar-refractivity contribution in [3.05, 3.63) is 40.9 Å². The normalized spacial score (nSPS) is 14.3. The highest BCUT2D eigenvalue weighted by Crippen LogP contribution is 2.36. The monoisotopic (exact) mass is 438 g/mol. The minimum atomic E-state index is -4.15. The van der Waals surface area contributed by atoms with Gasteiger partial charge in [0.05, 0.1) is 25.6 Å². The first-order chi connectivity index (χ1) is 13.7. The van der Waals surface area contributed by atoms with Crippen molar-refractivity contribution >= 4 is 44.8 Å². The van der Waals surface area contributed by atoms with Crippen molar-refractivity contribution in [2.75, 3.05) is 23.8 Å². The third kappa shape index (κ3) is 4.01. The lowest BCUT2D eigenvalue weighted by Gasteiger charge is -2.18. The summed E-state index contributed by atoms with van der Waals surface area (Å²) < 4.78 is 39.1. The first kappa shape index (κ1) is 20.9. The van der Waals surface area contributed by atoms with Gasteiger partial charge >= 0.3 is 0 Å². The van der Waals surface area contributed by atoms with Gasteiger partial charge in [-0.3, -0.25) is 19.2 Å². The minimum absolute atomic E-state index is 0.0602. The number of imide groups is 1. The lowest BCUT2D eigenvalue weighted by molar-refractivity contribution is -0.121. The van der Waals surface area contributed by atoms with Gasteiger partial charge in [0.1, 0.15) is 16.4 Å². The number of hydrogen-bond donors (Lipinski definition) is 1. The summed E-state index contributed by atoms with van der Waals surface area (Å²) >= 11 is 6.07. The van der Waals surface area contributed by atoms with Crippen LogP contribution in [-0.4, -0.2) is 34.5 Å². The number of ether oxygens (including phenoxy) is 2. The summed E-state index contributed by atoms with van der Waals surface area (Å²) in [6.07, 6.45) is 0.179. The second-order valence-corrected chi connectivity index (χ2v) is 8.42. The molecule has 2 aromatic carbocycles. The van der Waals surface area contributed by atoms with Crippen molar-refractivity contribution in [3.8, 4) is 11.5 Å². The Morgan fingerprint density at radius 2 is 1.62 bits per heavy atom. The van der Waals surface area contributed by atoms with E-state index >= 15 is 0 Å². The molecule has 0 saturated carbocycles. The van der Waals surface area contributed by atoms with Crippen LogP contribution < -0.4 is 19.1 Å². The zero-order valence-electron chi connectivity index (χ0n) is 16.0. The SMILES string of the molecule is COc1cc(Cl)c(C)cc1NS(=O)(=O)c1cc(N2C(=O)CCC2=O)ccc1OC. The number of benzene rings is 2. The zero-order chi connectivity index (χ0) is 21.3. The second kappa shape index (κ2) is 7.92. The third-order valence-corrected chi connectivity index (χ3v) is 6.27. The highest BCUT2D eigenvalue weighted by molar-refractivity contribution is 7.92. The van der Waals surface area contributed by atoms with Crippen LogP contribution in [0.2, 0.25) is 5.02 Å². The summed E-state index contributed by atoms with van der Waals surface area (Å²) in [7, 11) is -1.43. The van der Waals surface area contributed by atoms with Gasteiger partial charge in [-0.2, -0.15) is 0 Å². The van der Waals surface area contributed by atoms with E-state index < -0.39 is 10.0 Å². The lowest BCUT2D eigenvalue weighted by Crippen LogP contribution is -2.28. The van der Waals surface area contributed by atoms with E-state index in [1.807, 2.05) is 0 Å². The molecule has 1 aliphatic heterocycles. The molecule has 0 atom stereocenters. The fourth-order valence-corrected chi connectivity index (χ4v) is 4.40. The number of methoxy groups -OCH3 is 2. The fraction of sp³-hybridized carbons (Fsp3) is 0.263. The first-order valence-electron chi connectivity index (χ1n) is 8.58. The molecule has 1 saturated heterocycles. The molecule has 0 unspecified atom stereocenters. The Hall–Kier alpha value is -2.78. The molecule has 0 bridgehead atoms. The van der Waals surface area contributed by atoms with Crippen molar-refractivity contribution in [2.45, 2.75) is 24.7 Å². The van der Waals surface area contributed by atoms with E-state index in [1.165, 1.54) is 38.5 Å². The van der Waals surface area contributed by atoms with Gasteiger partial charge in [-0.05, 0) is 36.8 Å². The molecule has 154 valence electrons. The Morgan fingerprint density at radius 3 is 2.21 bits per heavy atom. The van der Waals surface area contributed by atoms with Crippen LogP contribution in [0.15, 0.2) is 35.2 Å². The van der Waals surface area contributed by atoms with Crippen LogP contribution in [-0.2, 0) is 19.6 Å². The van der Waals surface area contributed by atoms with Crippen LogP contribution >= 0.6 is 11.6 Å². The number of carbonyl (C=O) groups is 2. The molecule has 3 rings (SSSR count). The van der Waals surface area contributed by atoms with Crippen molar-refractivity contribution < 1.29 is 27.5 Å². The number of carbonyl (C=O) groups excluding carboxylic acids is 2. The van der Waals surface area contributed by atoms with Gasteiger partial charge in [0.15, 0.2) is 0 Å². The predicted molar refractivity (Wildman–Crippen MR) is 108 cm³/mol. The fourth-order valence-electron chi connectivity index (χ4n) is 2.99. The number of hydrogen-bond acceptors (Lipinski definition) is 6. The lowest BCUT2D eigenvalue weighted by atomic mass is 10.2. The van der Waals surface area contributed by atoms with E-state index in [0.29, 0.717) is 10.6 Å². The molecule has 0 aliphatic carbocycles. The second-order valence-electron chi connectivity index (χ2n) is 6.37. The van der Waals surface area contributed by atoms with Crippen molar-refractivity contribution in [2.24, 2.45) is 0 Å². The Balaban J connectivity index is 2.07. The van der Waals surface area contributed by atoms with Gasteiger partial charge in [0.25, 0.3) is 10.0 Å². The van der Waals surface area contributed by atoms with Crippen LogP contribution in [0.3, 0.4) is 0 Å². The van der Waals surface area contributed by atoms with Crippen LogP contribution in [0.1, 0.15) is 18.4 Å². The van der Waals surface area contributed by atoms with Crippen LogP contribution in [0, 0.1) is 6.92 Å². The molecule has 1 aliphatic rings. The highest BCUT2D eigenvalue weighted by atomic mass is 35.5. The maximum Gasteiger partial charge on any atom is 0.265 e. The highest BCUT2D eigenvalue weighted by Gasteiger charge is 2.32. The largest absolute Gasteiger partial charge is 0.495 e. The first-order valence-corrected chi connectivity index (χ1v) is 10.4. The van der Waals surface area contributed by atoms with Gasteiger partial charge in [-0.15, -0.1) is 0 Å². The maximum atomic E-state index is 13.1. The van der Waals surface area contributed by atoms with Gasteiger partial charge in [-0.1, -0.05) is 11.6 Å². The molecule has 29 heavy (non-hydrogen) atoms. The van der Waals surface area contributed by atoms with E-state index in [4.69, 9.17) is 21.1 Å². The Labute approximate surface area is 173 Å². The maximum absolute atomic E-state index is 13.1. The topological polar surface area (TPSA) is 102 Å². The van der Waals surface area contributed by atoms with Crippen LogP contribution in [0.25, 0.3) is 0 Å². The predicted octanol–water partition coefficient (Wildman–Crippen LogP) is 3.12. The number of halogens is 1. The summed E-state index contributed by atoms with van der Waals surface area (Å²) in [6, 6.07) is 7.14. The molecule has 2 aromatic rings. The van der Waals surface area contributed by atoms with Crippen LogP contribution in [0.5, 0.6) is 11.5 Å². The molecule has 0 spiro atoms. The number of sulfonamides is 1. The summed E-state index contributed by atoms with van der Waals surface area (Å²) in [5.74, 6) is -0.466. The van der Waals surface area contributed by atoms with Gasteiger partial charge in [0.2, 0.25) is 11.8 Å². The average molecular weight is 439 g/mol. The standard InChI is InChI=1S/C19H19ClN2O6S/c1-11-8-14(16(28-3)10-13(11)20)21-29(25,26)17-9-12(4-5-15(17)27-2)22-18(23)6-7-19(22)24/h4-5,8-10,21H,6-7H2,1-3H3. The molecule has 0 aromatic heterocycles. The van der Waals surface area contributed by atoms with Gasteiger partial charge in [-0.25, -0.2) is 8.42 Å². The van der Waals surface area contributed by atoms with Crippen molar-refractivity contribution in [3.63, 3.8) is 0 Å². The molecule has 1 N–H and O–H groups in total. The average Bonchev–Trinajstić information content (AvgIpc) is 3.02. The molecule has 10 heteroatoms. The molecular formula is C19H19ClN2O6S. The summed E-state index contributed by atoms with van der Waals surface area (Å²) in [4.78, 5) is 24.8. The molecule has 1 fully saturated rings. The van der Waals surface area contributed by atoms with Gasteiger partial charge in [0, 0.05) is 23.9 Å². The number of nitrogens with zero attached hydrogens (tertiary/aromatic N) is 1. The number of amides is 2. The number of rotatable bonds is 6. The van der Waals surface area contributed by atoms with E-state index in [1.54, 1.807) is 13.0 Å². The minimum Gasteiger partial charge on any atom is -0.495 e. The van der Waals surface area contributed by atoms with E-state index in [-0.39, 0.29) is 52.4 Å². The van der Waals surface area contributed by atoms with E-state index in [2.05, 4.69) is 4.72 Å². The molecular weight excluding hydrogens is 420 g/mol. The Morgan fingerprint density at radius 1 is 1.00 bits per heavy atom. The molecule has 1 heterocycles. The summed E-state index contributed by atoms with van der Waals surface area (Å²) in [5, 5.41) is 0.426. The smallest absolute Gasteiger partial charge is 0.265 e.